The van der Waals surface area contributed by atoms with Crippen LogP contribution >= 0.6 is 38.5 Å². The average Bonchev–Trinajstić information content (AvgIpc) is 3.10. The third-order valence-electron chi connectivity index (χ3n) is 5.28. The van der Waals surface area contributed by atoms with E-state index in [1.807, 2.05) is 73.8 Å². The molecule has 0 unspecified atom stereocenters. The molecule has 2 aromatic heterocycles. The van der Waals surface area contributed by atoms with Gasteiger partial charge in [-0.05, 0) is 83.3 Å². The van der Waals surface area contributed by atoms with Gasteiger partial charge in [-0.2, -0.15) is 0 Å². The molecule has 0 radical (unpaired) electrons. The molecule has 0 bridgehead atoms. The highest BCUT2D eigenvalue weighted by molar-refractivity contribution is 14.1. The Morgan fingerprint density at radius 1 is 0.968 bits per heavy atom. The van der Waals surface area contributed by atoms with Crippen molar-refractivity contribution in [3.8, 4) is 5.69 Å². The largest absolute Gasteiger partial charge is 0.350 e. The lowest BCUT2D eigenvalue weighted by molar-refractivity contribution is 0.943. The predicted molar refractivity (Wildman–Crippen MR) is 140 cm³/mol. The Morgan fingerprint density at radius 2 is 1.74 bits per heavy atom. The Morgan fingerprint density at radius 3 is 2.55 bits per heavy atom. The van der Waals surface area contributed by atoms with Gasteiger partial charge >= 0.3 is 0 Å². The highest BCUT2D eigenvalue weighted by Crippen LogP contribution is 2.23. The Kier molecular flexibility index (Phi) is 5.27. The molecule has 2 heterocycles. The van der Waals surface area contributed by atoms with E-state index in [0.29, 0.717) is 16.7 Å². The maximum Gasteiger partial charge on any atom is 0.266 e. The molecule has 0 saturated carbocycles. The van der Waals surface area contributed by atoms with Crippen LogP contribution in [-0.4, -0.2) is 14.1 Å². The Labute approximate surface area is 201 Å². The van der Waals surface area contributed by atoms with Gasteiger partial charge < -0.3 is 4.57 Å². The van der Waals surface area contributed by atoms with Crippen LogP contribution in [-0.2, 0) is 7.05 Å². The second-order valence-electron chi connectivity index (χ2n) is 7.29. The van der Waals surface area contributed by atoms with Gasteiger partial charge in [0.1, 0.15) is 5.82 Å². The topological polar surface area (TPSA) is 39.8 Å². The van der Waals surface area contributed by atoms with Crippen LogP contribution in [0.25, 0.3) is 39.6 Å². The fourth-order valence-corrected chi connectivity index (χ4v) is 4.55. The fourth-order valence-electron chi connectivity index (χ4n) is 3.80. The van der Waals surface area contributed by atoms with Gasteiger partial charge in [0.2, 0.25) is 0 Å². The average molecular weight is 582 g/mol. The highest BCUT2D eigenvalue weighted by Gasteiger charge is 2.12. The maximum atomic E-state index is 13.5. The van der Waals surface area contributed by atoms with Crippen LogP contribution in [0.4, 0.5) is 0 Å². The second-order valence-corrected chi connectivity index (χ2v) is 9.46. The lowest BCUT2D eigenvalue weighted by Crippen LogP contribution is -2.22. The maximum absolute atomic E-state index is 13.5. The molecule has 0 saturated heterocycles. The highest BCUT2D eigenvalue weighted by atomic mass is 127. The minimum absolute atomic E-state index is 0.0802. The smallest absolute Gasteiger partial charge is 0.266 e. The van der Waals surface area contributed by atoms with Crippen LogP contribution in [0.2, 0.25) is 0 Å². The molecule has 152 valence electrons. The zero-order valence-electron chi connectivity index (χ0n) is 16.6. The monoisotopic (exact) mass is 581 g/mol. The number of para-hydroxylation sites is 1. The second kappa shape index (κ2) is 8.09. The van der Waals surface area contributed by atoms with E-state index in [0.717, 1.165) is 30.2 Å². The van der Waals surface area contributed by atoms with Crippen molar-refractivity contribution in [3.63, 3.8) is 0 Å². The van der Waals surface area contributed by atoms with E-state index in [1.54, 1.807) is 4.57 Å². The summed E-state index contributed by atoms with van der Waals surface area (Å²) in [5, 5.41) is 1.77. The summed E-state index contributed by atoms with van der Waals surface area (Å²) in [6.07, 6.45) is 6.03. The molecular formula is C25H17BrIN3O. The van der Waals surface area contributed by atoms with E-state index in [9.17, 15) is 4.79 Å². The summed E-state index contributed by atoms with van der Waals surface area (Å²) in [5.74, 6) is 0.592. The molecular weight excluding hydrogens is 565 g/mol. The van der Waals surface area contributed by atoms with Crippen molar-refractivity contribution < 1.29 is 0 Å². The van der Waals surface area contributed by atoms with Crippen molar-refractivity contribution in [1.29, 1.82) is 0 Å². The van der Waals surface area contributed by atoms with Gasteiger partial charge in [0.25, 0.3) is 5.56 Å². The minimum Gasteiger partial charge on any atom is -0.350 e. The van der Waals surface area contributed by atoms with Crippen molar-refractivity contribution >= 4 is 72.5 Å². The van der Waals surface area contributed by atoms with Crippen molar-refractivity contribution in [3.05, 3.63) is 103 Å². The van der Waals surface area contributed by atoms with Crippen molar-refractivity contribution in [1.82, 2.24) is 14.1 Å². The van der Waals surface area contributed by atoms with Crippen molar-refractivity contribution in [2.75, 3.05) is 0 Å². The number of hydrogen-bond donors (Lipinski definition) is 0. The van der Waals surface area contributed by atoms with Gasteiger partial charge in [0.05, 0.1) is 16.6 Å². The molecule has 0 amide bonds. The van der Waals surface area contributed by atoms with Gasteiger partial charge in [-0.25, -0.2) is 4.98 Å². The lowest BCUT2D eigenvalue weighted by atomic mass is 10.1. The first-order chi connectivity index (χ1) is 15.0. The van der Waals surface area contributed by atoms with Crippen LogP contribution in [0.5, 0.6) is 0 Å². The van der Waals surface area contributed by atoms with Crippen molar-refractivity contribution in [2.24, 2.45) is 7.05 Å². The summed E-state index contributed by atoms with van der Waals surface area (Å²) in [6, 6.07) is 21.7. The van der Waals surface area contributed by atoms with Crippen LogP contribution in [0.3, 0.4) is 0 Å². The van der Waals surface area contributed by atoms with E-state index < -0.39 is 0 Å². The predicted octanol–water partition coefficient (Wildman–Crippen LogP) is 6.41. The molecule has 0 atom stereocenters. The van der Waals surface area contributed by atoms with Gasteiger partial charge in [-0.1, -0.05) is 34.1 Å². The molecule has 0 aliphatic heterocycles. The molecule has 5 aromatic rings. The Balaban J connectivity index is 1.74. The quantitative estimate of drug-likeness (QED) is 0.231. The molecule has 5 rings (SSSR count). The lowest BCUT2D eigenvalue weighted by Gasteiger charge is -2.12. The number of fused-ring (bicyclic) bond motifs is 2. The fraction of sp³-hybridized carbons (Fsp3) is 0.0400. The van der Waals surface area contributed by atoms with E-state index in [1.165, 1.54) is 0 Å². The van der Waals surface area contributed by atoms with Crippen LogP contribution in [0, 0.1) is 3.57 Å². The molecule has 0 fully saturated rings. The van der Waals surface area contributed by atoms with E-state index >= 15 is 0 Å². The molecule has 31 heavy (non-hydrogen) atoms. The van der Waals surface area contributed by atoms with Gasteiger partial charge in [-0.15, -0.1) is 0 Å². The summed E-state index contributed by atoms with van der Waals surface area (Å²) in [4.78, 5) is 18.3. The summed E-state index contributed by atoms with van der Waals surface area (Å²) in [5.41, 5.74) is 3.63. The third kappa shape index (κ3) is 3.74. The van der Waals surface area contributed by atoms with E-state index in [2.05, 4.69) is 61.4 Å². The van der Waals surface area contributed by atoms with Gasteiger partial charge in [-0.3, -0.25) is 9.36 Å². The molecule has 4 nitrogen and oxygen atoms in total. The summed E-state index contributed by atoms with van der Waals surface area (Å²) >= 11 is 5.69. The minimum atomic E-state index is -0.0802. The number of aryl methyl sites for hydroxylation is 1. The van der Waals surface area contributed by atoms with Crippen LogP contribution in [0.15, 0.2) is 82.2 Å². The SMILES string of the molecule is Cn1cc(/C=C/c2nc3ccc(I)cc3c(=O)n2-c2ccc(Br)cc2)c2ccccc21. The summed E-state index contributed by atoms with van der Waals surface area (Å²) in [6.45, 7) is 0. The number of aromatic nitrogens is 3. The molecule has 0 aliphatic rings. The first kappa shape index (κ1) is 20.2. The molecule has 0 spiro atoms. The standard InChI is InChI=1S/C25H17BrIN3O/c1-29-15-16(20-4-2-3-5-23(20)29)6-13-24-28-22-12-9-18(27)14-21(22)25(31)30(24)19-10-7-17(26)8-11-19/h2-15H,1H3/b13-6+. The number of nitrogens with zero attached hydrogens (tertiary/aromatic N) is 3. The first-order valence-electron chi connectivity index (χ1n) is 9.72. The summed E-state index contributed by atoms with van der Waals surface area (Å²) < 4.78 is 5.74. The van der Waals surface area contributed by atoms with E-state index in [4.69, 9.17) is 4.98 Å². The zero-order chi connectivity index (χ0) is 21.5. The molecule has 6 heteroatoms. The Hall–Kier alpha value is -2.71. The third-order valence-corrected chi connectivity index (χ3v) is 6.48. The zero-order valence-corrected chi connectivity index (χ0v) is 20.3. The summed E-state index contributed by atoms with van der Waals surface area (Å²) in [7, 11) is 2.04. The molecule has 0 aliphatic carbocycles. The van der Waals surface area contributed by atoms with Crippen LogP contribution < -0.4 is 5.56 Å². The number of rotatable bonds is 3. The first-order valence-corrected chi connectivity index (χ1v) is 11.6. The van der Waals surface area contributed by atoms with Crippen LogP contribution in [0.1, 0.15) is 11.4 Å². The number of halogens is 2. The van der Waals surface area contributed by atoms with Crippen molar-refractivity contribution in [2.45, 2.75) is 0 Å². The van der Waals surface area contributed by atoms with Gasteiger partial charge in [0.15, 0.2) is 0 Å². The number of hydrogen-bond acceptors (Lipinski definition) is 2. The number of benzene rings is 3. The normalized spacial score (nSPS) is 11.7. The van der Waals surface area contributed by atoms with Gasteiger partial charge in [0, 0.05) is 37.8 Å². The molecule has 0 N–H and O–H groups in total. The molecule has 3 aromatic carbocycles. The van der Waals surface area contributed by atoms with E-state index in [-0.39, 0.29) is 5.56 Å². The Bertz CT molecular complexity index is 1530.